The van der Waals surface area contributed by atoms with Crippen LogP contribution in [-0.2, 0) is 9.59 Å². The van der Waals surface area contributed by atoms with Crippen molar-refractivity contribution in [3.8, 4) is 0 Å². The molecule has 2 saturated carbocycles. The molecule has 2 amide bonds. The van der Waals surface area contributed by atoms with E-state index in [1.807, 2.05) is 0 Å². The Morgan fingerprint density at radius 3 is 1.71 bits per heavy atom. The Kier molecular flexibility index (Phi) is 3.40. The summed E-state index contributed by atoms with van der Waals surface area (Å²) < 4.78 is 0. The molecule has 0 bridgehead atoms. The number of rotatable bonds is 4. The van der Waals surface area contributed by atoms with Gasteiger partial charge in [-0.05, 0) is 39.5 Å². The van der Waals surface area contributed by atoms with Gasteiger partial charge in [-0.2, -0.15) is 0 Å². The van der Waals surface area contributed by atoms with Crippen molar-refractivity contribution in [1.29, 1.82) is 0 Å². The minimum atomic E-state index is -0.953. The average Bonchev–Trinajstić information content (AvgIpc) is 2.93. The average molecular weight is 238 g/mol. The van der Waals surface area contributed by atoms with Gasteiger partial charge in [0, 0.05) is 12.1 Å². The Hall–Kier alpha value is -1.06. The van der Waals surface area contributed by atoms with Crippen LogP contribution in [0.2, 0.25) is 0 Å². The number of amides is 2. The highest BCUT2D eigenvalue weighted by Gasteiger charge is 2.39. The lowest BCUT2D eigenvalue weighted by atomic mass is 9.90. The van der Waals surface area contributed by atoms with Crippen LogP contribution >= 0.6 is 0 Å². The molecule has 2 fully saturated rings. The molecular formula is C13H22N2O2. The first-order valence-corrected chi connectivity index (χ1v) is 6.62. The van der Waals surface area contributed by atoms with E-state index in [4.69, 9.17) is 0 Å². The Morgan fingerprint density at radius 1 is 0.882 bits per heavy atom. The summed E-state index contributed by atoms with van der Waals surface area (Å²) in [5.41, 5.74) is -0.953. The van der Waals surface area contributed by atoms with Crippen LogP contribution in [0.1, 0.15) is 52.4 Å². The van der Waals surface area contributed by atoms with Crippen molar-refractivity contribution in [3.05, 3.63) is 0 Å². The first kappa shape index (κ1) is 12.4. The molecule has 0 aromatic rings. The summed E-state index contributed by atoms with van der Waals surface area (Å²) in [6.07, 6.45) is 6.55. The van der Waals surface area contributed by atoms with Gasteiger partial charge in [0.2, 0.25) is 11.8 Å². The minimum Gasteiger partial charge on any atom is -0.352 e. The van der Waals surface area contributed by atoms with E-state index in [1.54, 1.807) is 13.8 Å². The normalized spacial score (nSPS) is 21.3. The summed E-state index contributed by atoms with van der Waals surface area (Å²) >= 11 is 0. The van der Waals surface area contributed by atoms with Crippen LogP contribution in [0.15, 0.2) is 0 Å². The molecule has 2 N–H and O–H groups in total. The standard InChI is InChI=1S/C13H22N2O2/c1-13(2,12(17)15-10-7-8-10)11(16)14-9-5-3-4-6-9/h9-10H,3-8H2,1-2H3,(H,14,16)(H,15,17). The molecule has 2 rings (SSSR count). The maximum Gasteiger partial charge on any atom is 0.235 e. The van der Waals surface area contributed by atoms with Crippen molar-refractivity contribution in [1.82, 2.24) is 10.6 Å². The summed E-state index contributed by atoms with van der Waals surface area (Å²) in [5, 5.41) is 5.89. The highest BCUT2D eigenvalue weighted by atomic mass is 16.2. The molecule has 2 aliphatic carbocycles. The molecule has 2 aliphatic rings. The van der Waals surface area contributed by atoms with Gasteiger partial charge in [0.05, 0.1) is 0 Å². The van der Waals surface area contributed by atoms with Crippen molar-refractivity contribution >= 4 is 11.8 Å². The maximum absolute atomic E-state index is 12.1. The second-order valence-corrected chi connectivity index (χ2v) is 5.83. The summed E-state index contributed by atoms with van der Waals surface area (Å²) in [5.74, 6) is -0.280. The molecule has 96 valence electrons. The summed E-state index contributed by atoms with van der Waals surface area (Å²) in [7, 11) is 0. The molecule has 4 nitrogen and oxygen atoms in total. The summed E-state index contributed by atoms with van der Waals surface area (Å²) in [6, 6.07) is 0.580. The Labute approximate surface area is 103 Å². The lowest BCUT2D eigenvalue weighted by Gasteiger charge is -2.24. The third-order valence-electron chi connectivity index (χ3n) is 3.74. The van der Waals surface area contributed by atoms with Crippen molar-refractivity contribution in [2.75, 3.05) is 0 Å². The third kappa shape index (κ3) is 2.99. The monoisotopic (exact) mass is 238 g/mol. The Morgan fingerprint density at radius 2 is 1.29 bits per heavy atom. The van der Waals surface area contributed by atoms with E-state index in [1.165, 1.54) is 12.8 Å². The van der Waals surface area contributed by atoms with E-state index in [0.717, 1.165) is 25.7 Å². The molecule has 4 heteroatoms. The minimum absolute atomic E-state index is 0.137. The fourth-order valence-corrected chi connectivity index (χ4v) is 2.13. The predicted molar refractivity (Wildman–Crippen MR) is 65.3 cm³/mol. The van der Waals surface area contributed by atoms with Gasteiger partial charge in [0.1, 0.15) is 5.41 Å². The first-order valence-electron chi connectivity index (χ1n) is 6.62. The molecule has 0 spiro atoms. The van der Waals surface area contributed by atoms with Gasteiger partial charge < -0.3 is 10.6 Å². The topological polar surface area (TPSA) is 58.2 Å². The molecule has 0 heterocycles. The molecule has 0 aliphatic heterocycles. The molecule has 0 saturated heterocycles. The van der Waals surface area contributed by atoms with Crippen LogP contribution in [0, 0.1) is 5.41 Å². The molecule has 0 radical (unpaired) electrons. The number of hydrogen-bond donors (Lipinski definition) is 2. The van der Waals surface area contributed by atoms with Gasteiger partial charge >= 0.3 is 0 Å². The van der Waals surface area contributed by atoms with Gasteiger partial charge in [0.25, 0.3) is 0 Å². The number of nitrogens with one attached hydrogen (secondary N) is 2. The van der Waals surface area contributed by atoms with Crippen LogP contribution in [0.25, 0.3) is 0 Å². The Balaban J connectivity index is 1.87. The second-order valence-electron chi connectivity index (χ2n) is 5.83. The van der Waals surface area contributed by atoms with Gasteiger partial charge in [-0.3, -0.25) is 9.59 Å². The summed E-state index contributed by atoms with van der Waals surface area (Å²) in [6.45, 7) is 3.41. The van der Waals surface area contributed by atoms with Gasteiger partial charge in [-0.1, -0.05) is 12.8 Å². The van der Waals surface area contributed by atoms with Gasteiger partial charge in [-0.25, -0.2) is 0 Å². The SMILES string of the molecule is CC(C)(C(=O)NC1CCCC1)C(=O)NC1CC1. The van der Waals surface area contributed by atoms with Crippen molar-refractivity contribution in [2.45, 2.75) is 64.5 Å². The fraction of sp³-hybridized carbons (Fsp3) is 0.846. The van der Waals surface area contributed by atoms with Crippen LogP contribution in [0.5, 0.6) is 0 Å². The van der Waals surface area contributed by atoms with E-state index in [-0.39, 0.29) is 17.9 Å². The van der Waals surface area contributed by atoms with Gasteiger partial charge in [0.15, 0.2) is 0 Å². The number of carbonyl (C=O) groups is 2. The highest BCUT2D eigenvalue weighted by Crippen LogP contribution is 2.24. The van der Waals surface area contributed by atoms with Crippen LogP contribution < -0.4 is 10.6 Å². The largest absolute Gasteiger partial charge is 0.352 e. The second kappa shape index (κ2) is 4.67. The zero-order valence-electron chi connectivity index (χ0n) is 10.7. The van der Waals surface area contributed by atoms with E-state index in [2.05, 4.69) is 10.6 Å². The predicted octanol–water partition coefficient (Wildman–Crippen LogP) is 1.35. The molecule has 0 atom stereocenters. The molecule has 17 heavy (non-hydrogen) atoms. The Bertz CT molecular complexity index is 315. The van der Waals surface area contributed by atoms with E-state index in [9.17, 15) is 9.59 Å². The molecule has 0 aromatic carbocycles. The van der Waals surface area contributed by atoms with Crippen molar-refractivity contribution < 1.29 is 9.59 Å². The van der Waals surface area contributed by atoms with Crippen LogP contribution in [-0.4, -0.2) is 23.9 Å². The molecule has 0 unspecified atom stereocenters. The van der Waals surface area contributed by atoms with Crippen LogP contribution in [0.3, 0.4) is 0 Å². The number of carbonyl (C=O) groups excluding carboxylic acids is 2. The lowest BCUT2D eigenvalue weighted by Crippen LogP contribution is -2.50. The van der Waals surface area contributed by atoms with E-state index in [0.29, 0.717) is 6.04 Å². The van der Waals surface area contributed by atoms with E-state index >= 15 is 0 Å². The zero-order chi connectivity index (χ0) is 12.5. The first-order chi connectivity index (χ1) is 8.00. The van der Waals surface area contributed by atoms with Crippen LogP contribution in [0.4, 0.5) is 0 Å². The fourth-order valence-electron chi connectivity index (χ4n) is 2.13. The zero-order valence-corrected chi connectivity index (χ0v) is 10.7. The smallest absolute Gasteiger partial charge is 0.235 e. The number of hydrogen-bond acceptors (Lipinski definition) is 2. The quantitative estimate of drug-likeness (QED) is 0.726. The highest BCUT2D eigenvalue weighted by molar-refractivity contribution is 6.04. The molecular weight excluding hydrogens is 216 g/mol. The van der Waals surface area contributed by atoms with Crippen molar-refractivity contribution in [3.63, 3.8) is 0 Å². The maximum atomic E-state index is 12.1. The van der Waals surface area contributed by atoms with Gasteiger partial charge in [-0.15, -0.1) is 0 Å². The van der Waals surface area contributed by atoms with E-state index < -0.39 is 5.41 Å². The molecule has 0 aromatic heterocycles. The lowest BCUT2D eigenvalue weighted by molar-refractivity contribution is -0.141. The summed E-state index contributed by atoms with van der Waals surface area (Å²) in [4.78, 5) is 24.1. The van der Waals surface area contributed by atoms with Crippen molar-refractivity contribution in [2.24, 2.45) is 5.41 Å². The third-order valence-corrected chi connectivity index (χ3v) is 3.74.